The monoisotopic (exact) mass is 386 g/mol. The highest BCUT2D eigenvalue weighted by atomic mass is 16.2. The summed E-state index contributed by atoms with van der Waals surface area (Å²) in [6.45, 7) is 0. The summed E-state index contributed by atoms with van der Waals surface area (Å²) in [6.07, 6.45) is 0.241. The van der Waals surface area contributed by atoms with Crippen molar-refractivity contribution in [2.75, 3.05) is 5.32 Å². The summed E-state index contributed by atoms with van der Waals surface area (Å²) in [5, 5.41) is 2.93. The van der Waals surface area contributed by atoms with Crippen molar-refractivity contribution in [3.05, 3.63) is 102 Å². The van der Waals surface area contributed by atoms with Gasteiger partial charge in [0, 0.05) is 11.3 Å². The van der Waals surface area contributed by atoms with Gasteiger partial charge in [-0.05, 0) is 41.8 Å². The zero-order valence-electron chi connectivity index (χ0n) is 15.9. The van der Waals surface area contributed by atoms with Gasteiger partial charge in [-0.15, -0.1) is 0 Å². The van der Waals surface area contributed by atoms with Crippen LogP contribution in [0.1, 0.15) is 33.8 Å². The van der Waals surface area contributed by atoms with Gasteiger partial charge in [-0.25, -0.2) is 0 Å². The van der Waals surface area contributed by atoms with Gasteiger partial charge in [0.2, 0.25) is 11.8 Å². The number of hydrogen-bond acceptors (Lipinski definition) is 3. The summed E-state index contributed by atoms with van der Waals surface area (Å²) in [5.74, 6) is -1.49. The van der Waals surface area contributed by atoms with E-state index in [2.05, 4.69) is 5.32 Å². The molecule has 3 rings (SSSR count). The van der Waals surface area contributed by atoms with Crippen molar-refractivity contribution in [2.24, 2.45) is 5.73 Å². The average molecular weight is 386 g/mol. The van der Waals surface area contributed by atoms with Crippen LogP contribution in [0.5, 0.6) is 0 Å². The van der Waals surface area contributed by atoms with Crippen LogP contribution in [0.25, 0.3) is 0 Å². The lowest BCUT2D eigenvalue weighted by molar-refractivity contribution is -0.118. The number of Topliss-reactive ketones (excluding diaryl/α,β-unsaturated/α-hetero) is 1. The molecule has 1 unspecified atom stereocenters. The van der Waals surface area contributed by atoms with E-state index in [4.69, 9.17) is 5.73 Å². The Morgan fingerprint density at radius 1 is 0.793 bits per heavy atom. The number of amides is 2. The lowest BCUT2D eigenvalue weighted by Crippen LogP contribution is -2.23. The second-order valence-corrected chi connectivity index (χ2v) is 6.79. The number of nitrogens with one attached hydrogen (secondary N) is 1. The van der Waals surface area contributed by atoms with Crippen LogP contribution in [0.2, 0.25) is 0 Å². The van der Waals surface area contributed by atoms with E-state index in [0.717, 1.165) is 11.1 Å². The summed E-state index contributed by atoms with van der Waals surface area (Å²) in [6, 6.07) is 26.0. The first-order chi connectivity index (χ1) is 14.0. The van der Waals surface area contributed by atoms with E-state index in [-0.39, 0.29) is 24.0 Å². The molecule has 0 bridgehead atoms. The molecule has 3 N–H and O–H groups in total. The molecule has 146 valence electrons. The number of primary amides is 1. The van der Waals surface area contributed by atoms with Crippen LogP contribution in [-0.4, -0.2) is 17.6 Å². The maximum absolute atomic E-state index is 13.0. The van der Waals surface area contributed by atoms with Crippen LogP contribution in [0.4, 0.5) is 5.69 Å². The molecule has 0 aliphatic rings. The van der Waals surface area contributed by atoms with E-state index < -0.39 is 5.91 Å². The second-order valence-electron chi connectivity index (χ2n) is 6.79. The Morgan fingerprint density at radius 2 is 1.38 bits per heavy atom. The Morgan fingerprint density at radius 3 is 1.97 bits per heavy atom. The smallest absolute Gasteiger partial charge is 0.232 e. The molecule has 0 saturated carbocycles. The van der Waals surface area contributed by atoms with Crippen LogP contribution in [0, 0.1) is 0 Å². The summed E-state index contributed by atoms with van der Waals surface area (Å²) in [5.41, 5.74) is 8.03. The molecule has 0 aliphatic carbocycles. The zero-order valence-corrected chi connectivity index (χ0v) is 15.9. The van der Waals surface area contributed by atoms with E-state index in [9.17, 15) is 14.4 Å². The van der Waals surface area contributed by atoms with Crippen molar-refractivity contribution in [3.8, 4) is 0 Å². The summed E-state index contributed by atoms with van der Waals surface area (Å²) < 4.78 is 0. The fourth-order valence-electron chi connectivity index (χ4n) is 3.13. The molecule has 0 heterocycles. The molecule has 0 saturated heterocycles. The number of anilines is 1. The van der Waals surface area contributed by atoms with Crippen molar-refractivity contribution < 1.29 is 14.4 Å². The fraction of sp³-hybridized carbons (Fsp3) is 0.125. The maximum atomic E-state index is 13.0. The third kappa shape index (κ3) is 5.62. The Bertz CT molecular complexity index is 984. The standard InChI is InChI=1S/C24H22N2O3/c25-23(28)16-22(27)19-11-13-20(14-12-19)26-24(29)21(18-9-5-2-6-10-18)15-17-7-3-1-4-8-17/h1-14,21H,15-16H2,(H2,25,28)(H,26,29). The minimum atomic E-state index is -0.668. The van der Waals surface area contributed by atoms with Gasteiger partial charge >= 0.3 is 0 Å². The molecular formula is C24H22N2O3. The molecule has 1 atom stereocenters. The molecule has 2 amide bonds. The van der Waals surface area contributed by atoms with Gasteiger partial charge < -0.3 is 11.1 Å². The van der Waals surface area contributed by atoms with E-state index >= 15 is 0 Å². The molecule has 0 spiro atoms. The van der Waals surface area contributed by atoms with Crippen LogP contribution < -0.4 is 11.1 Å². The third-order valence-electron chi connectivity index (χ3n) is 4.61. The number of benzene rings is 3. The topological polar surface area (TPSA) is 89.3 Å². The van der Waals surface area contributed by atoms with Gasteiger partial charge in [-0.3, -0.25) is 14.4 Å². The highest BCUT2D eigenvalue weighted by molar-refractivity contribution is 6.07. The van der Waals surface area contributed by atoms with Crippen LogP contribution in [0.15, 0.2) is 84.9 Å². The van der Waals surface area contributed by atoms with Gasteiger partial charge in [0.1, 0.15) is 0 Å². The van der Waals surface area contributed by atoms with Gasteiger partial charge in [0.15, 0.2) is 5.78 Å². The minimum Gasteiger partial charge on any atom is -0.369 e. The van der Waals surface area contributed by atoms with Crippen LogP contribution in [-0.2, 0) is 16.0 Å². The highest BCUT2D eigenvalue weighted by Gasteiger charge is 2.21. The zero-order chi connectivity index (χ0) is 20.6. The molecule has 0 aromatic heterocycles. The maximum Gasteiger partial charge on any atom is 0.232 e. The van der Waals surface area contributed by atoms with Gasteiger partial charge in [-0.1, -0.05) is 60.7 Å². The first kappa shape index (κ1) is 20.0. The second kappa shape index (κ2) is 9.46. The third-order valence-corrected chi connectivity index (χ3v) is 4.61. The van der Waals surface area contributed by atoms with E-state index in [1.807, 2.05) is 60.7 Å². The molecule has 3 aromatic carbocycles. The molecular weight excluding hydrogens is 364 g/mol. The number of rotatable bonds is 8. The quantitative estimate of drug-likeness (QED) is 0.457. The molecule has 5 heteroatoms. The van der Waals surface area contributed by atoms with Crippen molar-refractivity contribution >= 4 is 23.3 Å². The molecule has 5 nitrogen and oxygen atoms in total. The first-order valence-electron chi connectivity index (χ1n) is 9.34. The van der Waals surface area contributed by atoms with Crippen molar-refractivity contribution in [1.29, 1.82) is 0 Å². The fourth-order valence-corrected chi connectivity index (χ4v) is 3.13. The average Bonchev–Trinajstić information content (AvgIpc) is 2.73. The number of ketones is 1. The summed E-state index contributed by atoms with van der Waals surface area (Å²) >= 11 is 0. The van der Waals surface area contributed by atoms with Crippen LogP contribution >= 0.6 is 0 Å². The predicted molar refractivity (Wildman–Crippen MR) is 113 cm³/mol. The largest absolute Gasteiger partial charge is 0.369 e. The Kier molecular flexibility index (Phi) is 6.53. The van der Waals surface area contributed by atoms with E-state index in [1.165, 1.54) is 0 Å². The van der Waals surface area contributed by atoms with Crippen molar-refractivity contribution in [3.63, 3.8) is 0 Å². The number of carbonyl (C=O) groups is 3. The Hall–Kier alpha value is -3.73. The lowest BCUT2D eigenvalue weighted by atomic mass is 9.91. The summed E-state index contributed by atoms with van der Waals surface area (Å²) in [4.78, 5) is 35.8. The highest BCUT2D eigenvalue weighted by Crippen LogP contribution is 2.23. The molecule has 0 fully saturated rings. The molecule has 29 heavy (non-hydrogen) atoms. The normalized spacial score (nSPS) is 11.4. The number of carbonyl (C=O) groups excluding carboxylic acids is 3. The lowest BCUT2D eigenvalue weighted by Gasteiger charge is -2.18. The molecule has 3 aromatic rings. The molecule has 0 aliphatic heterocycles. The SMILES string of the molecule is NC(=O)CC(=O)c1ccc(NC(=O)C(Cc2ccccc2)c2ccccc2)cc1. The van der Waals surface area contributed by atoms with Crippen molar-refractivity contribution in [1.82, 2.24) is 0 Å². The molecule has 0 radical (unpaired) electrons. The van der Waals surface area contributed by atoms with E-state index in [0.29, 0.717) is 17.7 Å². The first-order valence-corrected chi connectivity index (χ1v) is 9.34. The van der Waals surface area contributed by atoms with Gasteiger partial charge in [0.05, 0.1) is 12.3 Å². The van der Waals surface area contributed by atoms with Crippen molar-refractivity contribution in [2.45, 2.75) is 18.8 Å². The minimum absolute atomic E-state index is 0.128. The van der Waals surface area contributed by atoms with E-state index in [1.54, 1.807) is 24.3 Å². The van der Waals surface area contributed by atoms with Gasteiger partial charge in [0.25, 0.3) is 0 Å². The Balaban J connectivity index is 1.76. The summed E-state index contributed by atoms with van der Waals surface area (Å²) in [7, 11) is 0. The number of nitrogens with two attached hydrogens (primary N) is 1. The Labute approximate surface area is 169 Å². The van der Waals surface area contributed by atoms with Gasteiger partial charge in [-0.2, -0.15) is 0 Å². The number of hydrogen-bond donors (Lipinski definition) is 2. The predicted octanol–water partition coefficient (Wildman–Crippen LogP) is 3.71. The van der Waals surface area contributed by atoms with Crippen LogP contribution in [0.3, 0.4) is 0 Å².